The van der Waals surface area contributed by atoms with Crippen LogP contribution in [0.1, 0.15) is 26.7 Å². The van der Waals surface area contributed by atoms with Crippen LogP contribution < -0.4 is 0 Å². The van der Waals surface area contributed by atoms with Gasteiger partial charge in [-0.25, -0.2) is 0 Å². The fourth-order valence-electron chi connectivity index (χ4n) is 2.87. The van der Waals surface area contributed by atoms with Gasteiger partial charge in [-0.3, -0.25) is 0 Å². The first-order valence-electron chi connectivity index (χ1n) is 4.98. The molecule has 0 aliphatic heterocycles. The molecule has 1 N–H and O–H groups in total. The normalized spacial score (nSPS) is 44.7. The molecule has 3 atom stereocenters. The van der Waals surface area contributed by atoms with Crippen LogP contribution in [-0.4, -0.2) is 11.7 Å². The van der Waals surface area contributed by atoms with Gasteiger partial charge in [-0.05, 0) is 36.0 Å². The SMILES string of the molecule is CC(C)C12C=CC(C1)C(CO)C2. The van der Waals surface area contributed by atoms with Gasteiger partial charge in [0.25, 0.3) is 0 Å². The summed E-state index contributed by atoms with van der Waals surface area (Å²) in [6.45, 7) is 4.97. The molecule has 12 heavy (non-hydrogen) atoms. The topological polar surface area (TPSA) is 20.2 Å². The fraction of sp³-hybridized carbons (Fsp3) is 0.818. The molecule has 2 rings (SSSR count). The highest BCUT2D eigenvalue weighted by atomic mass is 16.3. The monoisotopic (exact) mass is 166 g/mol. The highest BCUT2D eigenvalue weighted by Gasteiger charge is 2.47. The van der Waals surface area contributed by atoms with Gasteiger partial charge >= 0.3 is 0 Å². The van der Waals surface area contributed by atoms with Crippen LogP contribution in [0.15, 0.2) is 12.2 Å². The fourth-order valence-corrected chi connectivity index (χ4v) is 2.87. The van der Waals surface area contributed by atoms with Gasteiger partial charge in [-0.15, -0.1) is 0 Å². The lowest BCUT2D eigenvalue weighted by atomic mass is 9.76. The van der Waals surface area contributed by atoms with E-state index in [0.717, 1.165) is 5.92 Å². The molecular formula is C11H18O. The summed E-state index contributed by atoms with van der Waals surface area (Å²) >= 11 is 0. The molecule has 0 radical (unpaired) electrons. The third kappa shape index (κ3) is 0.957. The predicted molar refractivity (Wildman–Crippen MR) is 49.7 cm³/mol. The molecule has 0 amide bonds. The van der Waals surface area contributed by atoms with Crippen LogP contribution >= 0.6 is 0 Å². The van der Waals surface area contributed by atoms with E-state index in [9.17, 15) is 0 Å². The van der Waals surface area contributed by atoms with Gasteiger partial charge < -0.3 is 5.11 Å². The van der Waals surface area contributed by atoms with Gasteiger partial charge in [-0.1, -0.05) is 26.0 Å². The molecule has 0 aromatic heterocycles. The summed E-state index contributed by atoms with van der Waals surface area (Å²) in [6.07, 6.45) is 7.22. The minimum Gasteiger partial charge on any atom is -0.396 e. The number of hydrogen-bond donors (Lipinski definition) is 1. The molecule has 0 heterocycles. The molecule has 1 saturated carbocycles. The lowest BCUT2D eigenvalue weighted by molar-refractivity contribution is 0.188. The molecule has 0 spiro atoms. The number of aliphatic hydroxyl groups is 1. The van der Waals surface area contributed by atoms with Crippen LogP contribution in [0.25, 0.3) is 0 Å². The predicted octanol–water partition coefficient (Wildman–Crippen LogP) is 2.22. The highest BCUT2D eigenvalue weighted by Crippen LogP contribution is 2.55. The van der Waals surface area contributed by atoms with Crippen LogP contribution in [0.5, 0.6) is 0 Å². The van der Waals surface area contributed by atoms with E-state index in [0.29, 0.717) is 23.9 Å². The van der Waals surface area contributed by atoms with E-state index in [1.807, 2.05) is 0 Å². The van der Waals surface area contributed by atoms with Crippen molar-refractivity contribution in [2.24, 2.45) is 23.2 Å². The zero-order valence-corrected chi connectivity index (χ0v) is 7.96. The average molecular weight is 166 g/mol. The molecule has 2 aliphatic carbocycles. The maximum absolute atomic E-state index is 9.15. The second-order valence-corrected chi connectivity index (χ2v) is 4.76. The lowest BCUT2D eigenvalue weighted by Crippen LogP contribution is -2.22. The second kappa shape index (κ2) is 2.59. The lowest BCUT2D eigenvalue weighted by Gasteiger charge is -2.29. The van der Waals surface area contributed by atoms with E-state index in [2.05, 4.69) is 26.0 Å². The third-order valence-corrected chi connectivity index (χ3v) is 3.92. The number of fused-ring (bicyclic) bond motifs is 2. The standard InChI is InChI=1S/C11H18O/c1-8(2)11-4-3-9(5-11)10(6-11)7-12/h3-4,8-10,12H,5-7H2,1-2H3. The zero-order valence-electron chi connectivity index (χ0n) is 7.96. The minimum absolute atomic E-state index is 0.378. The Bertz CT molecular complexity index is 207. The molecule has 0 aromatic carbocycles. The molecule has 3 unspecified atom stereocenters. The number of allylic oxidation sites excluding steroid dienone is 2. The molecule has 2 aliphatic rings. The Morgan fingerprint density at radius 2 is 2.25 bits per heavy atom. The van der Waals surface area contributed by atoms with Crippen LogP contribution in [0.4, 0.5) is 0 Å². The van der Waals surface area contributed by atoms with Gasteiger partial charge in [-0.2, -0.15) is 0 Å². The number of rotatable bonds is 2. The summed E-state index contributed by atoms with van der Waals surface area (Å²) in [5, 5.41) is 9.15. The van der Waals surface area contributed by atoms with Crippen molar-refractivity contribution < 1.29 is 5.11 Å². The summed E-state index contributed by atoms with van der Waals surface area (Å²) in [4.78, 5) is 0. The van der Waals surface area contributed by atoms with E-state index < -0.39 is 0 Å². The van der Waals surface area contributed by atoms with Crippen molar-refractivity contribution in [2.45, 2.75) is 26.7 Å². The maximum atomic E-state index is 9.15. The average Bonchev–Trinajstić information content (AvgIpc) is 2.61. The van der Waals surface area contributed by atoms with Crippen molar-refractivity contribution in [3.63, 3.8) is 0 Å². The molecular weight excluding hydrogens is 148 g/mol. The third-order valence-electron chi connectivity index (χ3n) is 3.92. The zero-order chi connectivity index (χ0) is 8.77. The number of hydrogen-bond acceptors (Lipinski definition) is 1. The molecule has 2 bridgehead atoms. The first kappa shape index (κ1) is 8.31. The first-order valence-corrected chi connectivity index (χ1v) is 4.98. The Kier molecular flexibility index (Phi) is 1.80. The Morgan fingerprint density at radius 1 is 1.50 bits per heavy atom. The van der Waals surface area contributed by atoms with Crippen molar-refractivity contribution >= 4 is 0 Å². The van der Waals surface area contributed by atoms with Gasteiger partial charge in [0.2, 0.25) is 0 Å². The highest BCUT2D eigenvalue weighted by molar-refractivity contribution is 5.18. The van der Waals surface area contributed by atoms with E-state index >= 15 is 0 Å². The quantitative estimate of drug-likeness (QED) is 0.624. The summed E-state index contributed by atoms with van der Waals surface area (Å²) in [5.74, 6) is 1.96. The summed E-state index contributed by atoms with van der Waals surface area (Å²) in [7, 11) is 0. The smallest absolute Gasteiger partial charge is 0.0465 e. The summed E-state index contributed by atoms with van der Waals surface area (Å²) in [6, 6.07) is 0. The second-order valence-electron chi connectivity index (χ2n) is 4.76. The van der Waals surface area contributed by atoms with Crippen molar-refractivity contribution in [1.29, 1.82) is 0 Å². The Labute approximate surface area is 74.5 Å². The van der Waals surface area contributed by atoms with Crippen LogP contribution in [0, 0.1) is 23.2 Å². The van der Waals surface area contributed by atoms with Gasteiger partial charge in [0.15, 0.2) is 0 Å². The van der Waals surface area contributed by atoms with Gasteiger partial charge in [0.1, 0.15) is 0 Å². The van der Waals surface area contributed by atoms with Crippen molar-refractivity contribution in [2.75, 3.05) is 6.61 Å². The van der Waals surface area contributed by atoms with E-state index in [1.54, 1.807) is 0 Å². The Hall–Kier alpha value is -0.300. The van der Waals surface area contributed by atoms with Crippen molar-refractivity contribution in [3.8, 4) is 0 Å². The van der Waals surface area contributed by atoms with Gasteiger partial charge in [0, 0.05) is 6.61 Å². The molecule has 0 aromatic rings. The van der Waals surface area contributed by atoms with Crippen molar-refractivity contribution in [3.05, 3.63) is 12.2 Å². The molecule has 68 valence electrons. The molecule has 0 saturated heterocycles. The Morgan fingerprint density at radius 3 is 2.67 bits per heavy atom. The van der Waals surface area contributed by atoms with E-state index in [1.165, 1.54) is 12.8 Å². The molecule has 1 fully saturated rings. The summed E-state index contributed by atoms with van der Waals surface area (Å²) < 4.78 is 0. The van der Waals surface area contributed by atoms with Crippen LogP contribution in [0.2, 0.25) is 0 Å². The summed E-state index contributed by atoms with van der Waals surface area (Å²) in [5.41, 5.74) is 0.443. The van der Waals surface area contributed by atoms with Crippen molar-refractivity contribution in [1.82, 2.24) is 0 Å². The minimum atomic E-state index is 0.378. The first-order chi connectivity index (χ1) is 5.68. The number of aliphatic hydroxyl groups excluding tert-OH is 1. The molecule has 1 nitrogen and oxygen atoms in total. The van der Waals surface area contributed by atoms with E-state index in [-0.39, 0.29) is 0 Å². The van der Waals surface area contributed by atoms with Gasteiger partial charge in [0.05, 0.1) is 0 Å². The van der Waals surface area contributed by atoms with Crippen LogP contribution in [0.3, 0.4) is 0 Å². The van der Waals surface area contributed by atoms with E-state index in [4.69, 9.17) is 5.11 Å². The van der Waals surface area contributed by atoms with Crippen LogP contribution in [-0.2, 0) is 0 Å². The Balaban J connectivity index is 2.19. The maximum Gasteiger partial charge on any atom is 0.0465 e. The molecule has 1 heteroatoms. The largest absolute Gasteiger partial charge is 0.396 e.